The number of rotatable bonds is 3. The molecule has 2 fully saturated rings. The normalized spacial score (nSPS) is 21.0. The van der Waals surface area contributed by atoms with Gasteiger partial charge in [-0.2, -0.15) is 0 Å². The van der Waals surface area contributed by atoms with Crippen LogP contribution in [-0.2, 0) is 14.9 Å². The van der Waals surface area contributed by atoms with Gasteiger partial charge in [0.15, 0.2) is 0 Å². The lowest BCUT2D eigenvalue weighted by atomic mass is 9.94. The Bertz CT molecular complexity index is 459. The van der Waals surface area contributed by atoms with E-state index in [1.54, 1.807) is 7.11 Å². The van der Waals surface area contributed by atoms with Crippen LogP contribution in [-0.4, -0.2) is 44.2 Å². The average Bonchev–Trinajstić information content (AvgIpc) is 3.29. The highest BCUT2D eigenvalue weighted by Gasteiger charge is 2.53. The monoisotopic (exact) mass is 261 g/mol. The molecule has 0 spiro atoms. The van der Waals surface area contributed by atoms with Crippen molar-refractivity contribution in [3.05, 3.63) is 29.8 Å². The van der Waals surface area contributed by atoms with Crippen LogP contribution in [0.25, 0.3) is 0 Å². The molecule has 1 aromatic rings. The van der Waals surface area contributed by atoms with Crippen LogP contribution in [0.3, 0.4) is 0 Å². The molecule has 1 saturated carbocycles. The van der Waals surface area contributed by atoms with Gasteiger partial charge >= 0.3 is 0 Å². The van der Waals surface area contributed by atoms with Crippen molar-refractivity contribution in [2.75, 3.05) is 33.4 Å². The number of carbonyl (C=O) groups is 1. The lowest BCUT2D eigenvalue weighted by molar-refractivity contribution is -0.138. The number of ether oxygens (including phenoxy) is 2. The molecule has 0 atom stereocenters. The Balaban J connectivity index is 1.79. The van der Waals surface area contributed by atoms with Crippen LogP contribution >= 0.6 is 0 Å². The van der Waals surface area contributed by atoms with Gasteiger partial charge in [0, 0.05) is 13.1 Å². The number of amides is 1. The number of hydrogen-bond acceptors (Lipinski definition) is 3. The molecule has 2 aliphatic rings. The van der Waals surface area contributed by atoms with Crippen LogP contribution in [0.15, 0.2) is 24.3 Å². The van der Waals surface area contributed by atoms with Gasteiger partial charge in [-0.3, -0.25) is 4.79 Å². The van der Waals surface area contributed by atoms with Crippen LogP contribution in [0.2, 0.25) is 0 Å². The maximum atomic E-state index is 12.7. The Morgan fingerprint density at radius 2 is 1.84 bits per heavy atom. The molecule has 0 aromatic heterocycles. The summed E-state index contributed by atoms with van der Waals surface area (Å²) in [5.41, 5.74) is 0.841. The number of methoxy groups -OCH3 is 1. The minimum Gasteiger partial charge on any atom is -0.497 e. The third-order valence-electron chi connectivity index (χ3n) is 4.10. The highest BCUT2D eigenvalue weighted by atomic mass is 16.5. The molecule has 1 aliphatic carbocycles. The van der Waals surface area contributed by atoms with E-state index in [0.29, 0.717) is 13.2 Å². The summed E-state index contributed by atoms with van der Waals surface area (Å²) in [5, 5.41) is 0. The fourth-order valence-electron chi connectivity index (χ4n) is 2.73. The zero-order valence-electron chi connectivity index (χ0n) is 11.2. The fourth-order valence-corrected chi connectivity index (χ4v) is 2.73. The summed E-state index contributed by atoms with van der Waals surface area (Å²) in [7, 11) is 1.65. The molecule has 1 saturated heterocycles. The maximum absolute atomic E-state index is 12.7. The largest absolute Gasteiger partial charge is 0.497 e. The summed E-state index contributed by atoms with van der Waals surface area (Å²) in [6.45, 7) is 2.75. The average molecular weight is 261 g/mol. The second kappa shape index (κ2) is 4.85. The highest BCUT2D eigenvalue weighted by molar-refractivity contribution is 5.91. The van der Waals surface area contributed by atoms with Gasteiger partial charge in [0.1, 0.15) is 5.75 Å². The Hall–Kier alpha value is -1.55. The molecule has 0 bridgehead atoms. The molecule has 1 heterocycles. The van der Waals surface area contributed by atoms with Crippen molar-refractivity contribution < 1.29 is 14.3 Å². The highest BCUT2D eigenvalue weighted by Crippen LogP contribution is 2.49. The number of hydrogen-bond donors (Lipinski definition) is 0. The van der Waals surface area contributed by atoms with E-state index < -0.39 is 0 Å². The van der Waals surface area contributed by atoms with Crippen LogP contribution in [0, 0.1) is 0 Å². The zero-order chi connectivity index (χ0) is 13.3. The molecule has 1 amide bonds. The predicted molar refractivity (Wildman–Crippen MR) is 71.3 cm³/mol. The van der Waals surface area contributed by atoms with Crippen molar-refractivity contribution in [3.63, 3.8) is 0 Å². The van der Waals surface area contributed by atoms with Crippen LogP contribution in [0.5, 0.6) is 5.75 Å². The van der Waals surface area contributed by atoms with Crippen LogP contribution < -0.4 is 4.74 Å². The molecule has 102 valence electrons. The molecular weight excluding hydrogens is 242 g/mol. The van der Waals surface area contributed by atoms with Gasteiger partial charge in [-0.1, -0.05) is 12.1 Å². The molecular formula is C15H19NO3. The molecule has 4 nitrogen and oxygen atoms in total. The van der Waals surface area contributed by atoms with E-state index in [4.69, 9.17) is 9.47 Å². The van der Waals surface area contributed by atoms with Crippen LogP contribution in [0.1, 0.15) is 18.4 Å². The van der Waals surface area contributed by atoms with E-state index in [1.165, 1.54) is 0 Å². The van der Waals surface area contributed by atoms with E-state index in [2.05, 4.69) is 0 Å². The Labute approximate surface area is 113 Å². The third-order valence-corrected chi connectivity index (χ3v) is 4.10. The van der Waals surface area contributed by atoms with Gasteiger partial charge in [-0.05, 0) is 30.5 Å². The SMILES string of the molecule is COc1ccc(C2(C(=O)N3CCOCC3)CC2)cc1. The number of morpholine rings is 1. The van der Waals surface area contributed by atoms with E-state index >= 15 is 0 Å². The summed E-state index contributed by atoms with van der Waals surface area (Å²) >= 11 is 0. The van der Waals surface area contributed by atoms with Gasteiger partial charge in [0.05, 0.1) is 25.7 Å². The summed E-state index contributed by atoms with van der Waals surface area (Å²) in [6, 6.07) is 7.90. The minimum atomic E-state index is -0.274. The summed E-state index contributed by atoms with van der Waals surface area (Å²) in [6.07, 6.45) is 1.91. The van der Waals surface area contributed by atoms with Gasteiger partial charge in [0.2, 0.25) is 5.91 Å². The molecule has 3 rings (SSSR count). The maximum Gasteiger partial charge on any atom is 0.233 e. The van der Waals surface area contributed by atoms with E-state index in [0.717, 1.165) is 37.2 Å². The Morgan fingerprint density at radius 3 is 2.37 bits per heavy atom. The minimum absolute atomic E-state index is 0.265. The number of carbonyl (C=O) groups excluding carboxylic acids is 1. The molecule has 1 aliphatic heterocycles. The fraction of sp³-hybridized carbons (Fsp3) is 0.533. The first-order valence-electron chi connectivity index (χ1n) is 6.78. The Morgan fingerprint density at radius 1 is 1.21 bits per heavy atom. The van der Waals surface area contributed by atoms with Crippen molar-refractivity contribution in [3.8, 4) is 5.75 Å². The quantitative estimate of drug-likeness (QED) is 0.829. The second-order valence-electron chi connectivity index (χ2n) is 5.22. The van der Waals surface area contributed by atoms with Crippen molar-refractivity contribution in [2.45, 2.75) is 18.3 Å². The zero-order valence-corrected chi connectivity index (χ0v) is 11.2. The number of benzene rings is 1. The molecule has 4 heteroatoms. The van der Waals surface area contributed by atoms with Gasteiger partial charge in [-0.15, -0.1) is 0 Å². The number of nitrogens with zero attached hydrogens (tertiary/aromatic N) is 1. The van der Waals surface area contributed by atoms with E-state index in [1.807, 2.05) is 29.2 Å². The lowest BCUT2D eigenvalue weighted by Crippen LogP contribution is -2.45. The first-order chi connectivity index (χ1) is 9.26. The second-order valence-corrected chi connectivity index (χ2v) is 5.22. The van der Waals surface area contributed by atoms with E-state index in [-0.39, 0.29) is 11.3 Å². The standard InChI is InChI=1S/C15H19NO3/c1-18-13-4-2-12(3-5-13)15(6-7-15)14(17)16-8-10-19-11-9-16/h2-5H,6-11H2,1H3. The summed E-state index contributed by atoms with van der Waals surface area (Å²) in [4.78, 5) is 14.6. The molecule has 0 radical (unpaired) electrons. The lowest BCUT2D eigenvalue weighted by Gasteiger charge is -2.30. The van der Waals surface area contributed by atoms with Crippen molar-refractivity contribution in [1.82, 2.24) is 4.90 Å². The van der Waals surface area contributed by atoms with Gasteiger partial charge in [-0.25, -0.2) is 0 Å². The van der Waals surface area contributed by atoms with E-state index in [9.17, 15) is 4.79 Å². The molecule has 0 unspecified atom stereocenters. The topological polar surface area (TPSA) is 38.8 Å². The van der Waals surface area contributed by atoms with Crippen molar-refractivity contribution in [1.29, 1.82) is 0 Å². The molecule has 0 N–H and O–H groups in total. The first-order valence-corrected chi connectivity index (χ1v) is 6.78. The summed E-state index contributed by atoms with van der Waals surface area (Å²) in [5.74, 6) is 1.10. The first kappa shape index (κ1) is 12.5. The van der Waals surface area contributed by atoms with Crippen molar-refractivity contribution >= 4 is 5.91 Å². The van der Waals surface area contributed by atoms with Gasteiger partial charge in [0.25, 0.3) is 0 Å². The molecule has 1 aromatic carbocycles. The van der Waals surface area contributed by atoms with Crippen molar-refractivity contribution in [2.24, 2.45) is 0 Å². The Kier molecular flexibility index (Phi) is 3.19. The smallest absolute Gasteiger partial charge is 0.233 e. The summed E-state index contributed by atoms with van der Waals surface area (Å²) < 4.78 is 10.5. The predicted octanol–water partition coefficient (Wildman–Crippen LogP) is 1.59. The van der Waals surface area contributed by atoms with Gasteiger partial charge < -0.3 is 14.4 Å². The molecule has 19 heavy (non-hydrogen) atoms. The van der Waals surface area contributed by atoms with Crippen LogP contribution in [0.4, 0.5) is 0 Å². The third kappa shape index (κ3) is 2.21.